The van der Waals surface area contributed by atoms with Gasteiger partial charge in [-0.3, -0.25) is 4.79 Å². The number of rotatable bonds is 7. The second-order valence-corrected chi connectivity index (χ2v) is 6.23. The molecule has 1 aliphatic heterocycles. The fraction of sp³-hybridized carbons (Fsp3) is 0.632. The van der Waals surface area contributed by atoms with Gasteiger partial charge >= 0.3 is 5.97 Å². The summed E-state index contributed by atoms with van der Waals surface area (Å²) in [5, 5.41) is 0. The minimum atomic E-state index is 0.0101. The molecule has 0 aliphatic carbocycles. The second-order valence-electron chi connectivity index (χ2n) is 6.23. The topological polar surface area (TPSA) is 29.5 Å². The van der Waals surface area contributed by atoms with Gasteiger partial charge in [0.2, 0.25) is 0 Å². The molecule has 1 aliphatic rings. The summed E-state index contributed by atoms with van der Waals surface area (Å²) in [5.74, 6) is 0.0860. The maximum atomic E-state index is 12.4. The van der Waals surface area contributed by atoms with Crippen LogP contribution < -0.4 is 4.90 Å². The van der Waals surface area contributed by atoms with Crippen molar-refractivity contribution in [2.45, 2.75) is 58.5 Å². The zero-order valence-corrected chi connectivity index (χ0v) is 14.0. The first-order chi connectivity index (χ1) is 10.7. The number of carbonyl (C=O) groups excluding carboxylic acids is 1. The van der Waals surface area contributed by atoms with E-state index < -0.39 is 0 Å². The number of para-hydroxylation sites is 1. The van der Waals surface area contributed by atoms with Crippen molar-refractivity contribution >= 4 is 11.7 Å². The molecule has 2 rings (SSSR count). The number of benzene rings is 1. The number of nitrogens with zero attached hydrogens (tertiary/aromatic N) is 1. The molecule has 2 atom stereocenters. The van der Waals surface area contributed by atoms with Gasteiger partial charge in [-0.15, -0.1) is 0 Å². The van der Waals surface area contributed by atoms with Crippen molar-refractivity contribution in [1.82, 2.24) is 0 Å². The Morgan fingerprint density at radius 3 is 2.77 bits per heavy atom. The minimum absolute atomic E-state index is 0.0101. The van der Waals surface area contributed by atoms with E-state index in [9.17, 15) is 4.79 Å². The minimum Gasteiger partial charge on any atom is -0.460 e. The number of piperidine rings is 1. The number of esters is 1. The van der Waals surface area contributed by atoms with E-state index in [4.69, 9.17) is 4.74 Å². The zero-order valence-electron chi connectivity index (χ0n) is 14.0. The summed E-state index contributed by atoms with van der Waals surface area (Å²) in [6.45, 7) is 6.11. The zero-order chi connectivity index (χ0) is 15.8. The highest BCUT2D eigenvalue weighted by atomic mass is 16.5. The van der Waals surface area contributed by atoms with Crippen LogP contribution in [0.3, 0.4) is 0 Å². The molecule has 0 aromatic heterocycles. The molecule has 3 heteroatoms. The molecule has 0 spiro atoms. The average Bonchev–Trinajstić information content (AvgIpc) is 2.56. The van der Waals surface area contributed by atoms with Gasteiger partial charge in [-0.05, 0) is 37.8 Å². The molecule has 1 aromatic carbocycles. The van der Waals surface area contributed by atoms with Crippen LogP contribution in [0, 0.1) is 5.92 Å². The van der Waals surface area contributed by atoms with E-state index in [0.29, 0.717) is 0 Å². The van der Waals surface area contributed by atoms with Gasteiger partial charge in [0.15, 0.2) is 0 Å². The Bertz CT molecular complexity index is 446. The van der Waals surface area contributed by atoms with E-state index in [1.165, 1.54) is 5.69 Å². The van der Waals surface area contributed by atoms with E-state index in [1.54, 1.807) is 0 Å². The van der Waals surface area contributed by atoms with E-state index in [0.717, 1.165) is 51.6 Å². The van der Waals surface area contributed by atoms with Crippen LogP contribution in [0.15, 0.2) is 30.3 Å². The van der Waals surface area contributed by atoms with Crippen molar-refractivity contribution in [2.75, 3.05) is 18.0 Å². The molecule has 0 bridgehead atoms. The molecule has 122 valence electrons. The van der Waals surface area contributed by atoms with Gasteiger partial charge in [-0.1, -0.05) is 44.9 Å². The lowest BCUT2D eigenvalue weighted by atomic mass is 9.99. The fourth-order valence-corrected chi connectivity index (χ4v) is 3.11. The summed E-state index contributed by atoms with van der Waals surface area (Å²) in [7, 11) is 0. The van der Waals surface area contributed by atoms with Crippen molar-refractivity contribution in [3.8, 4) is 0 Å². The average molecular weight is 303 g/mol. The molecule has 1 heterocycles. The first kappa shape index (κ1) is 16.9. The first-order valence-corrected chi connectivity index (χ1v) is 8.75. The number of carbonyl (C=O) groups is 1. The Balaban J connectivity index is 1.88. The Morgan fingerprint density at radius 1 is 1.32 bits per heavy atom. The lowest BCUT2D eigenvalue weighted by molar-refractivity contribution is -0.154. The lowest BCUT2D eigenvalue weighted by Gasteiger charge is -2.34. The Labute approximate surface area is 134 Å². The molecule has 1 aromatic rings. The molecule has 0 radical (unpaired) electrons. The molecule has 0 amide bonds. The third kappa shape index (κ3) is 4.75. The van der Waals surface area contributed by atoms with Crippen LogP contribution >= 0.6 is 0 Å². The van der Waals surface area contributed by atoms with E-state index in [2.05, 4.69) is 43.0 Å². The van der Waals surface area contributed by atoms with Crippen LogP contribution in [-0.4, -0.2) is 25.2 Å². The third-order valence-electron chi connectivity index (χ3n) is 4.51. The summed E-state index contributed by atoms with van der Waals surface area (Å²) < 4.78 is 5.81. The van der Waals surface area contributed by atoms with E-state index in [-0.39, 0.29) is 18.0 Å². The predicted molar refractivity (Wildman–Crippen MR) is 91.1 cm³/mol. The maximum absolute atomic E-state index is 12.4. The molecule has 2 unspecified atom stereocenters. The second kappa shape index (κ2) is 8.82. The normalized spacial score (nSPS) is 19.7. The fourth-order valence-electron chi connectivity index (χ4n) is 3.11. The van der Waals surface area contributed by atoms with Gasteiger partial charge in [0, 0.05) is 12.2 Å². The summed E-state index contributed by atoms with van der Waals surface area (Å²) in [6, 6.07) is 10.4. The standard InChI is InChI=1S/C19H29NO2/c1-3-5-10-16(4-2)19(21)22-18-13-9-14-20(15-18)17-11-7-6-8-12-17/h6-8,11-12,16,18H,3-5,9-10,13-15H2,1-2H3. The van der Waals surface area contributed by atoms with E-state index >= 15 is 0 Å². The van der Waals surface area contributed by atoms with Crippen molar-refractivity contribution in [2.24, 2.45) is 5.92 Å². The number of unbranched alkanes of at least 4 members (excludes halogenated alkanes) is 1. The van der Waals surface area contributed by atoms with Crippen molar-refractivity contribution < 1.29 is 9.53 Å². The van der Waals surface area contributed by atoms with Gasteiger partial charge in [0.25, 0.3) is 0 Å². The molecule has 22 heavy (non-hydrogen) atoms. The SMILES string of the molecule is CCCCC(CC)C(=O)OC1CCCN(c2ccccc2)C1. The number of anilines is 1. The summed E-state index contributed by atoms with van der Waals surface area (Å²) in [6.07, 6.45) is 6.19. The van der Waals surface area contributed by atoms with Crippen molar-refractivity contribution in [3.63, 3.8) is 0 Å². The molecule has 3 nitrogen and oxygen atoms in total. The van der Waals surface area contributed by atoms with Crippen LogP contribution in [0.4, 0.5) is 5.69 Å². The third-order valence-corrected chi connectivity index (χ3v) is 4.51. The van der Waals surface area contributed by atoms with Gasteiger partial charge in [-0.2, -0.15) is 0 Å². The molecular formula is C19H29NO2. The molecule has 0 N–H and O–H groups in total. The smallest absolute Gasteiger partial charge is 0.309 e. The lowest BCUT2D eigenvalue weighted by Crippen LogP contribution is -2.41. The van der Waals surface area contributed by atoms with Gasteiger partial charge < -0.3 is 9.64 Å². The predicted octanol–water partition coefficient (Wildman–Crippen LogP) is 4.42. The number of hydrogen-bond acceptors (Lipinski definition) is 3. The summed E-state index contributed by atoms with van der Waals surface area (Å²) >= 11 is 0. The Hall–Kier alpha value is -1.51. The van der Waals surface area contributed by atoms with Crippen LogP contribution in [-0.2, 0) is 9.53 Å². The number of hydrogen-bond donors (Lipinski definition) is 0. The Morgan fingerprint density at radius 2 is 2.09 bits per heavy atom. The van der Waals surface area contributed by atoms with Gasteiger partial charge in [-0.25, -0.2) is 0 Å². The van der Waals surface area contributed by atoms with Gasteiger partial charge in [0.05, 0.1) is 12.5 Å². The van der Waals surface area contributed by atoms with Gasteiger partial charge in [0.1, 0.15) is 6.10 Å². The number of ether oxygens (including phenoxy) is 1. The molecule has 1 saturated heterocycles. The summed E-state index contributed by atoms with van der Waals surface area (Å²) in [4.78, 5) is 14.7. The maximum Gasteiger partial charge on any atom is 0.309 e. The van der Waals surface area contributed by atoms with Crippen LogP contribution in [0.2, 0.25) is 0 Å². The van der Waals surface area contributed by atoms with Crippen LogP contribution in [0.25, 0.3) is 0 Å². The van der Waals surface area contributed by atoms with Crippen LogP contribution in [0.1, 0.15) is 52.4 Å². The largest absolute Gasteiger partial charge is 0.460 e. The summed E-state index contributed by atoms with van der Waals surface area (Å²) in [5.41, 5.74) is 1.22. The first-order valence-electron chi connectivity index (χ1n) is 8.75. The highest BCUT2D eigenvalue weighted by Crippen LogP contribution is 2.23. The highest BCUT2D eigenvalue weighted by molar-refractivity contribution is 5.72. The molecule has 1 fully saturated rings. The van der Waals surface area contributed by atoms with Crippen molar-refractivity contribution in [1.29, 1.82) is 0 Å². The highest BCUT2D eigenvalue weighted by Gasteiger charge is 2.26. The van der Waals surface area contributed by atoms with Crippen molar-refractivity contribution in [3.05, 3.63) is 30.3 Å². The molecular weight excluding hydrogens is 274 g/mol. The quantitative estimate of drug-likeness (QED) is 0.699. The Kier molecular flexibility index (Phi) is 6.75. The van der Waals surface area contributed by atoms with Crippen LogP contribution in [0.5, 0.6) is 0 Å². The van der Waals surface area contributed by atoms with E-state index in [1.807, 2.05) is 6.07 Å². The monoisotopic (exact) mass is 303 g/mol. The molecule has 0 saturated carbocycles.